The molecule has 1 aromatic rings. The molecule has 2 rings (SSSR count). The second-order valence-corrected chi connectivity index (χ2v) is 6.93. The molecule has 0 amide bonds. The van der Waals surface area contributed by atoms with Crippen molar-refractivity contribution >= 4 is 37.6 Å². The van der Waals surface area contributed by atoms with Gasteiger partial charge in [0.15, 0.2) is 5.78 Å². The fraction of sp³-hybridized carbons (Fsp3) is 0.462. The fourth-order valence-corrected chi connectivity index (χ4v) is 3.75. The minimum absolute atomic E-state index is 0.0320. The van der Waals surface area contributed by atoms with Gasteiger partial charge in [0.1, 0.15) is 0 Å². The first-order valence-corrected chi connectivity index (χ1v) is 9.06. The van der Waals surface area contributed by atoms with E-state index in [9.17, 15) is 13.2 Å². The van der Waals surface area contributed by atoms with Gasteiger partial charge in [0.25, 0.3) is 0 Å². The Hall–Kier alpha value is -0.920. The van der Waals surface area contributed by atoms with Crippen LogP contribution in [0.25, 0.3) is 0 Å². The summed E-state index contributed by atoms with van der Waals surface area (Å²) in [6.07, 6.45) is 2.88. The van der Waals surface area contributed by atoms with Crippen LogP contribution in [0.4, 0.5) is 5.69 Å². The molecule has 1 heterocycles. The predicted octanol–water partition coefficient (Wildman–Crippen LogP) is 2.41. The van der Waals surface area contributed by atoms with Crippen LogP contribution < -0.4 is 4.72 Å². The fourth-order valence-electron chi connectivity index (χ4n) is 2.12. The maximum Gasteiger partial charge on any atom is 0.301 e. The Morgan fingerprint density at radius 3 is 2.30 bits per heavy atom. The molecule has 0 saturated carbocycles. The Labute approximate surface area is 127 Å². The van der Waals surface area contributed by atoms with Crippen LogP contribution >= 0.6 is 15.9 Å². The number of Topliss-reactive ketones (excluding diaryl/α,β-unsaturated/α-hetero) is 1. The molecule has 1 aliphatic heterocycles. The molecule has 0 radical (unpaired) electrons. The van der Waals surface area contributed by atoms with Crippen molar-refractivity contribution in [3.63, 3.8) is 0 Å². The zero-order chi connectivity index (χ0) is 14.6. The summed E-state index contributed by atoms with van der Waals surface area (Å²) in [6.45, 7) is 1.13. The number of anilines is 1. The minimum atomic E-state index is -3.49. The van der Waals surface area contributed by atoms with Crippen LogP contribution in [0.1, 0.15) is 29.6 Å². The van der Waals surface area contributed by atoms with Gasteiger partial charge in [-0.3, -0.25) is 9.52 Å². The van der Waals surface area contributed by atoms with Crippen LogP contribution in [0, 0.1) is 0 Å². The molecule has 1 fully saturated rings. The van der Waals surface area contributed by atoms with E-state index >= 15 is 0 Å². The summed E-state index contributed by atoms with van der Waals surface area (Å²) < 4.78 is 28.4. The molecule has 1 aromatic carbocycles. The average Bonchev–Trinajstić information content (AvgIpc) is 2.48. The number of rotatable bonds is 5. The van der Waals surface area contributed by atoms with Crippen molar-refractivity contribution in [2.45, 2.75) is 19.3 Å². The number of carbonyl (C=O) groups excluding carboxylic acids is 1. The maximum atomic E-state index is 12.2. The van der Waals surface area contributed by atoms with Crippen molar-refractivity contribution in [1.29, 1.82) is 0 Å². The molecule has 0 spiro atoms. The van der Waals surface area contributed by atoms with E-state index in [-0.39, 0.29) is 11.1 Å². The van der Waals surface area contributed by atoms with Crippen LogP contribution in [0.3, 0.4) is 0 Å². The number of nitrogens with one attached hydrogen (secondary N) is 1. The van der Waals surface area contributed by atoms with Gasteiger partial charge in [-0.25, -0.2) is 0 Å². The first-order valence-electron chi connectivity index (χ1n) is 6.50. The highest BCUT2D eigenvalue weighted by Gasteiger charge is 2.23. The van der Waals surface area contributed by atoms with Crippen molar-refractivity contribution in [2.75, 3.05) is 23.1 Å². The smallest absolute Gasteiger partial charge is 0.293 e. The summed E-state index contributed by atoms with van der Waals surface area (Å²) >= 11 is 3.10. The second-order valence-electron chi connectivity index (χ2n) is 4.70. The van der Waals surface area contributed by atoms with Crippen LogP contribution in [-0.4, -0.2) is 36.9 Å². The lowest BCUT2D eigenvalue weighted by Gasteiger charge is -2.26. The van der Waals surface area contributed by atoms with Crippen LogP contribution in [0.5, 0.6) is 0 Å². The Bertz CT molecular complexity index is 566. The molecule has 110 valence electrons. The normalized spacial score (nSPS) is 16.9. The third-order valence-corrected chi connectivity index (χ3v) is 5.28. The Balaban J connectivity index is 2.07. The van der Waals surface area contributed by atoms with E-state index in [2.05, 4.69) is 20.7 Å². The van der Waals surface area contributed by atoms with E-state index in [0.717, 1.165) is 19.3 Å². The molecule has 5 nitrogen and oxygen atoms in total. The zero-order valence-corrected chi connectivity index (χ0v) is 13.4. The van der Waals surface area contributed by atoms with Crippen LogP contribution in [-0.2, 0) is 10.2 Å². The third kappa shape index (κ3) is 3.80. The Morgan fingerprint density at radius 1 is 1.15 bits per heavy atom. The molecule has 7 heteroatoms. The molecule has 0 unspecified atom stereocenters. The molecule has 1 N–H and O–H groups in total. The van der Waals surface area contributed by atoms with Gasteiger partial charge in [0, 0.05) is 24.3 Å². The van der Waals surface area contributed by atoms with Gasteiger partial charge >= 0.3 is 10.2 Å². The van der Waals surface area contributed by atoms with E-state index in [0.29, 0.717) is 24.3 Å². The topological polar surface area (TPSA) is 66.5 Å². The number of nitrogens with zero attached hydrogens (tertiary/aromatic N) is 1. The van der Waals surface area contributed by atoms with Crippen molar-refractivity contribution < 1.29 is 13.2 Å². The quantitative estimate of drug-likeness (QED) is 0.647. The predicted molar refractivity (Wildman–Crippen MR) is 82.5 cm³/mol. The summed E-state index contributed by atoms with van der Waals surface area (Å²) in [6, 6.07) is 6.46. The molecule has 0 bridgehead atoms. The first kappa shape index (κ1) is 15.5. The lowest BCUT2D eigenvalue weighted by Crippen LogP contribution is -2.39. The molecule has 0 atom stereocenters. The molecular weight excluding hydrogens is 344 g/mol. The van der Waals surface area contributed by atoms with Crippen molar-refractivity contribution in [3.8, 4) is 0 Å². The summed E-state index contributed by atoms with van der Waals surface area (Å²) in [5.74, 6) is -0.0320. The zero-order valence-electron chi connectivity index (χ0n) is 11.0. The van der Waals surface area contributed by atoms with Gasteiger partial charge in [-0.2, -0.15) is 12.7 Å². The van der Waals surface area contributed by atoms with Gasteiger partial charge in [0.05, 0.1) is 5.33 Å². The highest BCUT2D eigenvalue weighted by molar-refractivity contribution is 9.09. The van der Waals surface area contributed by atoms with Crippen LogP contribution in [0.2, 0.25) is 0 Å². The summed E-state index contributed by atoms with van der Waals surface area (Å²) in [5.41, 5.74) is 1.03. The number of halogens is 1. The number of piperidine rings is 1. The number of alkyl halides is 1. The summed E-state index contributed by atoms with van der Waals surface area (Å²) in [5, 5.41) is 0.256. The molecule has 20 heavy (non-hydrogen) atoms. The highest BCUT2D eigenvalue weighted by atomic mass is 79.9. The van der Waals surface area contributed by atoms with Gasteiger partial charge in [-0.1, -0.05) is 22.4 Å². The Kier molecular flexibility index (Phi) is 5.17. The van der Waals surface area contributed by atoms with E-state index in [1.807, 2.05) is 0 Å². The number of carbonyl (C=O) groups is 1. The van der Waals surface area contributed by atoms with Crippen molar-refractivity contribution in [2.24, 2.45) is 0 Å². The summed E-state index contributed by atoms with van der Waals surface area (Å²) in [4.78, 5) is 11.5. The average molecular weight is 361 g/mol. The number of ketones is 1. The maximum absolute atomic E-state index is 12.2. The van der Waals surface area contributed by atoms with Gasteiger partial charge in [-0.15, -0.1) is 0 Å². The SMILES string of the molecule is O=C(CBr)c1ccc(NS(=O)(=O)N2CCCCC2)cc1. The summed E-state index contributed by atoms with van der Waals surface area (Å²) in [7, 11) is -3.49. The number of benzene rings is 1. The first-order chi connectivity index (χ1) is 9.53. The van der Waals surface area contributed by atoms with Crippen LogP contribution in [0.15, 0.2) is 24.3 Å². The Morgan fingerprint density at radius 2 is 1.75 bits per heavy atom. The molecule has 0 aromatic heterocycles. The molecule has 0 aliphatic carbocycles. The third-order valence-electron chi connectivity index (χ3n) is 3.23. The molecule has 1 saturated heterocycles. The second kappa shape index (κ2) is 6.69. The monoisotopic (exact) mass is 360 g/mol. The van der Waals surface area contributed by atoms with E-state index in [1.54, 1.807) is 24.3 Å². The van der Waals surface area contributed by atoms with Gasteiger partial charge < -0.3 is 0 Å². The van der Waals surface area contributed by atoms with Gasteiger partial charge in [-0.05, 0) is 37.1 Å². The van der Waals surface area contributed by atoms with E-state index in [1.165, 1.54) is 4.31 Å². The van der Waals surface area contributed by atoms with Gasteiger partial charge in [0.2, 0.25) is 0 Å². The molecular formula is C13H17BrN2O3S. The standard InChI is InChI=1S/C13H17BrN2O3S/c14-10-13(17)11-4-6-12(7-5-11)15-20(18,19)16-8-2-1-3-9-16/h4-7,15H,1-3,8-10H2. The number of hydrogen-bond donors (Lipinski definition) is 1. The van der Waals surface area contributed by atoms with E-state index in [4.69, 9.17) is 0 Å². The lowest BCUT2D eigenvalue weighted by molar-refractivity contribution is 0.102. The minimum Gasteiger partial charge on any atom is -0.293 e. The molecule has 1 aliphatic rings. The van der Waals surface area contributed by atoms with Crippen molar-refractivity contribution in [1.82, 2.24) is 4.31 Å². The lowest BCUT2D eigenvalue weighted by atomic mass is 10.1. The van der Waals surface area contributed by atoms with E-state index < -0.39 is 10.2 Å². The van der Waals surface area contributed by atoms with Crippen molar-refractivity contribution in [3.05, 3.63) is 29.8 Å². The highest BCUT2D eigenvalue weighted by Crippen LogP contribution is 2.17. The number of hydrogen-bond acceptors (Lipinski definition) is 3. The largest absolute Gasteiger partial charge is 0.301 e.